The molecule has 0 saturated carbocycles. The van der Waals surface area contributed by atoms with Crippen molar-refractivity contribution in [2.24, 2.45) is 5.92 Å². The van der Waals surface area contributed by atoms with Crippen molar-refractivity contribution in [3.63, 3.8) is 0 Å². The maximum Gasteiger partial charge on any atom is 0.408 e. The Balaban J connectivity index is 1.77. The molecule has 0 aromatic heterocycles. The summed E-state index contributed by atoms with van der Waals surface area (Å²) in [5.41, 5.74) is 1.64. The number of hydrogen-bond acceptors (Lipinski definition) is 2. The van der Waals surface area contributed by atoms with Crippen LogP contribution in [0.5, 0.6) is 0 Å². The van der Waals surface area contributed by atoms with Crippen LogP contribution in [0.15, 0.2) is 60.7 Å². The van der Waals surface area contributed by atoms with Gasteiger partial charge < -0.3 is 10.6 Å². The summed E-state index contributed by atoms with van der Waals surface area (Å²) in [6.45, 7) is 0. The van der Waals surface area contributed by atoms with Gasteiger partial charge in [0, 0.05) is 0 Å². The van der Waals surface area contributed by atoms with Gasteiger partial charge in [-0.2, -0.15) is 13.2 Å². The molecule has 2 atom stereocenters. The number of nitrogens with one attached hydrogen (secondary N) is 2. The fraction of sp³-hybridized carbons (Fsp3) is 0.300. The Labute approximate surface area is 154 Å². The summed E-state index contributed by atoms with van der Waals surface area (Å²) >= 11 is 0. The molecule has 27 heavy (non-hydrogen) atoms. The minimum Gasteiger partial charge on any atom is -0.344 e. The summed E-state index contributed by atoms with van der Waals surface area (Å²) in [7, 11) is 0. The summed E-state index contributed by atoms with van der Waals surface area (Å²) in [6, 6.07) is 16.0. The van der Waals surface area contributed by atoms with E-state index in [4.69, 9.17) is 0 Å². The molecule has 1 saturated heterocycles. The molecule has 4 nitrogen and oxygen atoms in total. The molecule has 0 aliphatic carbocycles. The highest BCUT2D eigenvalue weighted by molar-refractivity contribution is 6.01. The fourth-order valence-electron chi connectivity index (χ4n) is 3.20. The van der Waals surface area contributed by atoms with Crippen LogP contribution in [-0.2, 0) is 9.59 Å². The second-order valence-corrected chi connectivity index (χ2v) is 6.50. The zero-order valence-electron chi connectivity index (χ0n) is 14.4. The maximum absolute atomic E-state index is 12.8. The Bertz CT molecular complexity index is 754. The van der Waals surface area contributed by atoms with Crippen LogP contribution in [-0.4, -0.2) is 24.0 Å². The third-order valence-corrected chi connectivity index (χ3v) is 4.64. The van der Waals surface area contributed by atoms with Gasteiger partial charge in [-0.05, 0) is 24.0 Å². The van der Waals surface area contributed by atoms with E-state index in [0.29, 0.717) is 0 Å². The van der Waals surface area contributed by atoms with Gasteiger partial charge >= 0.3 is 6.18 Å². The highest BCUT2D eigenvalue weighted by Crippen LogP contribution is 2.29. The number of piperidine rings is 1. The van der Waals surface area contributed by atoms with E-state index in [-0.39, 0.29) is 12.8 Å². The molecule has 1 fully saturated rings. The van der Waals surface area contributed by atoms with Crippen LogP contribution in [0.3, 0.4) is 0 Å². The molecule has 1 heterocycles. The van der Waals surface area contributed by atoms with Gasteiger partial charge in [0.05, 0.1) is 6.04 Å². The monoisotopic (exact) mass is 376 g/mol. The van der Waals surface area contributed by atoms with Gasteiger partial charge in [-0.3, -0.25) is 9.59 Å². The molecule has 3 rings (SSSR count). The molecule has 2 aromatic carbocycles. The van der Waals surface area contributed by atoms with E-state index < -0.39 is 36.0 Å². The highest BCUT2D eigenvalue weighted by atomic mass is 19.4. The summed E-state index contributed by atoms with van der Waals surface area (Å²) in [5.74, 6) is -2.61. The first-order valence-corrected chi connectivity index (χ1v) is 8.63. The first-order valence-electron chi connectivity index (χ1n) is 8.63. The predicted molar refractivity (Wildman–Crippen MR) is 93.6 cm³/mol. The van der Waals surface area contributed by atoms with E-state index in [1.165, 1.54) is 0 Å². The van der Waals surface area contributed by atoms with Crippen LogP contribution in [0.1, 0.15) is 30.0 Å². The molecular weight excluding hydrogens is 357 g/mol. The van der Waals surface area contributed by atoms with Crippen molar-refractivity contribution >= 4 is 11.8 Å². The Kier molecular flexibility index (Phi) is 5.48. The van der Waals surface area contributed by atoms with Crippen molar-refractivity contribution in [1.29, 1.82) is 0 Å². The van der Waals surface area contributed by atoms with E-state index in [1.54, 1.807) is 0 Å². The van der Waals surface area contributed by atoms with E-state index in [9.17, 15) is 22.8 Å². The van der Waals surface area contributed by atoms with E-state index in [1.807, 2.05) is 66.0 Å². The Morgan fingerprint density at radius 2 is 1.48 bits per heavy atom. The number of amides is 2. The first kappa shape index (κ1) is 18.9. The van der Waals surface area contributed by atoms with Gasteiger partial charge in [0.2, 0.25) is 11.8 Å². The summed E-state index contributed by atoms with van der Waals surface area (Å²) in [4.78, 5) is 24.7. The second kappa shape index (κ2) is 7.82. The Morgan fingerprint density at radius 3 is 1.93 bits per heavy atom. The second-order valence-electron chi connectivity index (χ2n) is 6.50. The third-order valence-electron chi connectivity index (χ3n) is 4.64. The number of carbonyl (C=O) groups is 2. The van der Waals surface area contributed by atoms with Crippen LogP contribution in [0.25, 0.3) is 0 Å². The molecule has 2 N–H and O–H groups in total. The van der Waals surface area contributed by atoms with Gasteiger partial charge in [-0.25, -0.2) is 0 Å². The van der Waals surface area contributed by atoms with Crippen LogP contribution < -0.4 is 10.6 Å². The molecule has 1 aliphatic rings. The molecule has 2 amide bonds. The van der Waals surface area contributed by atoms with E-state index in [0.717, 1.165) is 11.1 Å². The zero-order chi connectivity index (χ0) is 19.4. The van der Waals surface area contributed by atoms with Gasteiger partial charge in [0.15, 0.2) is 0 Å². The molecule has 0 spiro atoms. The van der Waals surface area contributed by atoms with E-state index >= 15 is 0 Å². The zero-order valence-corrected chi connectivity index (χ0v) is 14.4. The van der Waals surface area contributed by atoms with Crippen molar-refractivity contribution in [3.8, 4) is 0 Å². The summed E-state index contributed by atoms with van der Waals surface area (Å²) in [5, 5.41) is 4.74. The topological polar surface area (TPSA) is 58.2 Å². The summed E-state index contributed by atoms with van der Waals surface area (Å²) < 4.78 is 38.3. The molecular formula is C20H19F3N2O2. The average Bonchev–Trinajstić information content (AvgIpc) is 2.66. The lowest BCUT2D eigenvalue weighted by Crippen LogP contribution is -2.54. The summed E-state index contributed by atoms with van der Waals surface area (Å²) in [6.07, 6.45) is -4.96. The van der Waals surface area contributed by atoms with Crippen molar-refractivity contribution in [2.45, 2.75) is 31.1 Å². The van der Waals surface area contributed by atoms with Crippen LogP contribution in [0.4, 0.5) is 13.2 Å². The Hall–Kier alpha value is -2.83. The number of halogens is 3. The van der Waals surface area contributed by atoms with Gasteiger partial charge in [0.1, 0.15) is 12.0 Å². The van der Waals surface area contributed by atoms with Crippen LogP contribution in [0, 0.1) is 5.92 Å². The van der Waals surface area contributed by atoms with Crippen LogP contribution >= 0.6 is 0 Å². The number of hydrogen-bond donors (Lipinski definition) is 2. The molecule has 0 bridgehead atoms. The minimum atomic E-state index is -4.51. The van der Waals surface area contributed by atoms with Gasteiger partial charge in [-0.15, -0.1) is 0 Å². The standard InChI is InChI=1S/C20H19F3N2O2/c21-20(22,23)16-12-11-15(18(26)24-16)19(27)25-17(13-7-3-1-4-8-13)14-9-5-2-6-10-14/h1-10,15-17H,11-12H2,(H,24,26)(H,25,27). The van der Waals surface area contributed by atoms with Gasteiger partial charge in [0.25, 0.3) is 0 Å². The van der Waals surface area contributed by atoms with Crippen LogP contribution in [0.2, 0.25) is 0 Å². The molecule has 142 valence electrons. The number of carbonyl (C=O) groups excluding carboxylic acids is 2. The van der Waals surface area contributed by atoms with E-state index in [2.05, 4.69) is 5.32 Å². The number of alkyl halides is 3. The molecule has 7 heteroatoms. The average molecular weight is 376 g/mol. The van der Waals surface area contributed by atoms with Crippen molar-refractivity contribution in [2.75, 3.05) is 0 Å². The lowest BCUT2D eigenvalue weighted by atomic mass is 9.91. The van der Waals surface area contributed by atoms with Crippen molar-refractivity contribution < 1.29 is 22.8 Å². The lowest BCUT2D eigenvalue weighted by Gasteiger charge is -2.31. The normalized spacial score (nSPS) is 20.2. The lowest BCUT2D eigenvalue weighted by molar-refractivity contribution is -0.171. The largest absolute Gasteiger partial charge is 0.408 e. The van der Waals surface area contributed by atoms with Crippen molar-refractivity contribution in [1.82, 2.24) is 10.6 Å². The number of benzene rings is 2. The van der Waals surface area contributed by atoms with Gasteiger partial charge in [-0.1, -0.05) is 60.7 Å². The molecule has 1 aliphatic heterocycles. The quantitative estimate of drug-likeness (QED) is 0.804. The SMILES string of the molecule is O=C(NC(c1ccccc1)c1ccccc1)C1CCC(C(F)(F)F)NC1=O. The van der Waals surface area contributed by atoms with Crippen molar-refractivity contribution in [3.05, 3.63) is 71.8 Å². The Morgan fingerprint density at radius 1 is 0.963 bits per heavy atom. The third kappa shape index (κ3) is 4.48. The molecule has 2 unspecified atom stereocenters. The highest BCUT2D eigenvalue weighted by Gasteiger charge is 2.46. The number of rotatable bonds is 4. The fourth-order valence-corrected chi connectivity index (χ4v) is 3.20. The molecule has 2 aromatic rings. The smallest absolute Gasteiger partial charge is 0.344 e. The maximum atomic E-state index is 12.8. The first-order chi connectivity index (χ1) is 12.9. The minimum absolute atomic E-state index is 0.141. The predicted octanol–water partition coefficient (Wildman–Crippen LogP) is 3.35. The molecule has 0 radical (unpaired) electrons.